The molecule has 0 fully saturated rings. The zero-order valence-corrected chi connectivity index (χ0v) is 8.08. The molecular weight excluding hydrogens is 195 g/mol. The molecule has 0 unspecified atom stereocenters. The van der Waals surface area contributed by atoms with Crippen molar-refractivity contribution in [3.05, 3.63) is 24.5 Å². The average molecular weight is 204 g/mol. The van der Waals surface area contributed by atoms with Crippen molar-refractivity contribution in [1.82, 2.24) is 9.97 Å². The zero-order valence-electron chi connectivity index (χ0n) is 8.08. The molecule has 76 valence electrons. The van der Waals surface area contributed by atoms with Crippen LogP contribution in [0.15, 0.2) is 24.5 Å². The molecule has 2 rings (SSSR count). The molecule has 0 radical (unpaired) electrons. The molecule has 0 aliphatic carbocycles. The number of hydrogen-bond acceptors (Lipinski definition) is 5. The van der Waals surface area contributed by atoms with Crippen molar-refractivity contribution in [2.45, 2.75) is 0 Å². The third kappa shape index (κ3) is 1.77. The van der Waals surface area contributed by atoms with Gasteiger partial charge in [-0.15, -0.1) is 0 Å². The van der Waals surface area contributed by atoms with Crippen LogP contribution in [0, 0.1) is 0 Å². The van der Waals surface area contributed by atoms with Gasteiger partial charge in [-0.1, -0.05) is 0 Å². The molecule has 0 spiro atoms. The first kappa shape index (κ1) is 9.88. The summed E-state index contributed by atoms with van der Waals surface area (Å²) in [6.45, 7) is 0. The predicted molar refractivity (Wildman–Crippen MR) is 55.9 cm³/mol. The molecule has 0 saturated heterocycles. The highest BCUT2D eigenvalue weighted by Gasteiger charge is 2.15. The summed E-state index contributed by atoms with van der Waals surface area (Å²) in [5.74, 6) is 0.476. The standard InChI is InChI=1S/C9H9BN2O3/c1-15-8-5-6(10(13)14)4-7-9(8)12-3-2-11-7/h2-5,13-14H,1H3. The monoisotopic (exact) mass is 204 g/mol. The molecule has 0 aliphatic rings. The molecule has 0 bridgehead atoms. The molecule has 5 nitrogen and oxygen atoms in total. The van der Waals surface area contributed by atoms with Crippen LogP contribution in [0.2, 0.25) is 0 Å². The van der Waals surface area contributed by atoms with E-state index < -0.39 is 7.12 Å². The van der Waals surface area contributed by atoms with Crippen LogP contribution in [0.5, 0.6) is 5.75 Å². The second-order valence-electron chi connectivity index (χ2n) is 3.02. The minimum Gasteiger partial charge on any atom is -0.494 e. The Balaban J connectivity index is 2.71. The van der Waals surface area contributed by atoms with Gasteiger partial charge in [-0.25, -0.2) is 4.98 Å². The Morgan fingerprint density at radius 1 is 1.20 bits per heavy atom. The van der Waals surface area contributed by atoms with E-state index in [2.05, 4.69) is 9.97 Å². The lowest BCUT2D eigenvalue weighted by molar-refractivity contribution is 0.415. The van der Waals surface area contributed by atoms with Crippen LogP contribution in [0.3, 0.4) is 0 Å². The van der Waals surface area contributed by atoms with Gasteiger partial charge in [0, 0.05) is 12.4 Å². The van der Waals surface area contributed by atoms with Crippen LogP contribution in [-0.2, 0) is 0 Å². The molecule has 2 N–H and O–H groups in total. The quantitative estimate of drug-likeness (QED) is 0.633. The van der Waals surface area contributed by atoms with Crippen molar-refractivity contribution in [3.8, 4) is 5.75 Å². The van der Waals surface area contributed by atoms with E-state index >= 15 is 0 Å². The van der Waals surface area contributed by atoms with Gasteiger partial charge < -0.3 is 14.8 Å². The number of benzene rings is 1. The van der Waals surface area contributed by atoms with Gasteiger partial charge in [-0.05, 0) is 17.6 Å². The van der Waals surface area contributed by atoms with Gasteiger partial charge in [0.25, 0.3) is 0 Å². The van der Waals surface area contributed by atoms with Crippen LogP contribution in [-0.4, -0.2) is 34.2 Å². The number of ether oxygens (including phenoxy) is 1. The van der Waals surface area contributed by atoms with Gasteiger partial charge in [0.15, 0.2) is 0 Å². The Morgan fingerprint density at radius 3 is 2.60 bits per heavy atom. The summed E-state index contributed by atoms with van der Waals surface area (Å²) in [7, 11) is -0.0397. The molecule has 0 aliphatic heterocycles. The smallest absolute Gasteiger partial charge is 0.488 e. The van der Waals surface area contributed by atoms with E-state index in [4.69, 9.17) is 14.8 Å². The predicted octanol–water partition coefficient (Wildman–Crippen LogP) is -0.682. The first-order chi connectivity index (χ1) is 7.22. The third-order valence-electron chi connectivity index (χ3n) is 2.08. The zero-order chi connectivity index (χ0) is 10.8. The second kappa shape index (κ2) is 3.84. The second-order valence-corrected chi connectivity index (χ2v) is 3.02. The Morgan fingerprint density at radius 2 is 1.93 bits per heavy atom. The fraction of sp³-hybridized carbons (Fsp3) is 0.111. The van der Waals surface area contributed by atoms with E-state index in [1.807, 2.05) is 0 Å². The Labute approximate surface area is 86.5 Å². The summed E-state index contributed by atoms with van der Waals surface area (Å²) >= 11 is 0. The first-order valence-electron chi connectivity index (χ1n) is 4.37. The fourth-order valence-electron chi connectivity index (χ4n) is 1.37. The molecule has 0 amide bonds. The molecule has 1 heterocycles. The summed E-state index contributed by atoms with van der Waals surface area (Å²) in [6, 6.07) is 3.09. The van der Waals surface area contributed by atoms with Crippen molar-refractivity contribution in [3.63, 3.8) is 0 Å². The molecule has 0 atom stereocenters. The van der Waals surface area contributed by atoms with Gasteiger partial charge in [0.1, 0.15) is 11.3 Å². The third-order valence-corrected chi connectivity index (χ3v) is 2.08. The number of aromatic nitrogens is 2. The molecule has 6 heteroatoms. The molecule has 1 aromatic carbocycles. The van der Waals surface area contributed by atoms with Gasteiger partial charge in [-0.2, -0.15) is 0 Å². The highest BCUT2D eigenvalue weighted by atomic mass is 16.5. The lowest BCUT2D eigenvalue weighted by Gasteiger charge is -2.06. The Hall–Kier alpha value is -1.66. The van der Waals surface area contributed by atoms with Crippen LogP contribution < -0.4 is 10.2 Å². The summed E-state index contributed by atoms with van der Waals surface area (Å²) in [5.41, 5.74) is 1.50. The van der Waals surface area contributed by atoms with Crippen molar-refractivity contribution in [1.29, 1.82) is 0 Å². The number of hydrogen-bond donors (Lipinski definition) is 2. The lowest BCUT2D eigenvalue weighted by atomic mass is 9.80. The van der Waals surface area contributed by atoms with Gasteiger partial charge >= 0.3 is 7.12 Å². The summed E-state index contributed by atoms with van der Waals surface area (Å²) in [5, 5.41) is 18.1. The normalized spacial score (nSPS) is 10.3. The van der Waals surface area contributed by atoms with E-state index in [0.29, 0.717) is 22.2 Å². The van der Waals surface area contributed by atoms with E-state index in [-0.39, 0.29) is 0 Å². The van der Waals surface area contributed by atoms with E-state index in [1.165, 1.54) is 19.4 Å². The van der Waals surface area contributed by atoms with Crippen LogP contribution in [0.4, 0.5) is 0 Å². The minimum absolute atomic E-state index is 0.333. The number of nitrogens with zero attached hydrogens (tertiary/aromatic N) is 2. The summed E-state index contributed by atoms with van der Waals surface area (Å²) in [4.78, 5) is 8.17. The topological polar surface area (TPSA) is 75.5 Å². The Kier molecular flexibility index (Phi) is 2.53. The number of fused-ring (bicyclic) bond motifs is 1. The highest BCUT2D eigenvalue weighted by Crippen LogP contribution is 2.19. The molecule has 2 aromatic rings. The Bertz CT molecular complexity index is 490. The molecule has 1 aromatic heterocycles. The van der Waals surface area contributed by atoms with Gasteiger partial charge in [0.05, 0.1) is 12.6 Å². The molecular formula is C9H9BN2O3. The largest absolute Gasteiger partial charge is 0.494 e. The van der Waals surface area contributed by atoms with Crippen molar-refractivity contribution in [2.24, 2.45) is 0 Å². The number of methoxy groups -OCH3 is 1. The van der Waals surface area contributed by atoms with Gasteiger partial charge in [-0.3, -0.25) is 4.98 Å². The lowest BCUT2D eigenvalue weighted by Crippen LogP contribution is -2.29. The summed E-state index contributed by atoms with van der Waals surface area (Å²) in [6.07, 6.45) is 3.09. The maximum atomic E-state index is 9.05. The van der Waals surface area contributed by atoms with E-state index in [1.54, 1.807) is 12.3 Å². The maximum Gasteiger partial charge on any atom is 0.488 e. The molecule has 15 heavy (non-hydrogen) atoms. The SMILES string of the molecule is COc1cc(B(O)O)cc2nccnc12. The van der Waals surface area contributed by atoms with Crippen molar-refractivity contribution < 1.29 is 14.8 Å². The molecule has 0 saturated carbocycles. The van der Waals surface area contributed by atoms with Gasteiger partial charge in [0.2, 0.25) is 0 Å². The van der Waals surface area contributed by atoms with Crippen LogP contribution in [0.25, 0.3) is 11.0 Å². The van der Waals surface area contributed by atoms with Crippen LogP contribution in [0.1, 0.15) is 0 Å². The fourth-order valence-corrected chi connectivity index (χ4v) is 1.37. The van der Waals surface area contributed by atoms with E-state index in [0.717, 1.165) is 0 Å². The van der Waals surface area contributed by atoms with Crippen molar-refractivity contribution >= 4 is 23.6 Å². The highest BCUT2D eigenvalue weighted by molar-refractivity contribution is 6.59. The summed E-state index contributed by atoms with van der Waals surface area (Å²) < 4.78 is 5.09. The number of rotatable bonds is 2. The van der Waals surface area contributed by atoms with E-state index in [9.17, 15) is 0 Å². The average Bonchev–Trinajstić information content (AvgIpc) is 2.27. The van der Waals surface area contributed by atoms with Crippen LogP contribution >= 0.6 is 0 Å². The van der Waals surface area contributed by atoms with Crippen molar-refractivity contribution in [2.75, 3.05) is 7.11 Å². The maximum absolute atomic E-state index is 9.05. The minimum atomic E-state index is -1.54. The first-order valence-corrected chi connectivity index (χ1v) is 4.37.